The van der Waals surface area contributed by atoms with E-state index in [0.717, 1.165) is 26.1 Å². The van der Waals surface area contributed by atoms with E-state index < -0.39 is 0 Å². The summed E-state index contributed by atoms with van der Waals surface area (Å²) in [6.45, 7) is 7.24. The van der Waals surface area contributed by atoms with Crippen LogP contribution in [0, 0.1) is 0 Å². The minimum absolute atomic E-state index is 0.902. The monoisotopic (exact) mass is 157 g/mol. The molecule has 0 spiro atoms. The molecule has 0 fully saturated rings. The Hall–Kier alpha value is -0.570. The summed E-state index contributed by atoms with van der Waals surface area (Å²) in [7, 11) is 0. The van der Waals surface area contributed by atoms with Crippen molar-refractivity contribution in [3.8, 4) is 0 Å². The van der Waals surface area contributed by atoms with Gasteiger partial charge in [0.05, 0.1) is 0 Å². The van der Waals surface area contributed by atoms with Crippen LogP contribution in [0.1, 0.15) is 26.7 Å². The van der Waals surface area contributed by atoms with Crippen molar-refractivity contribution in [1.82, 2.24) is 10.7 Å². The summed E-state index contributed by atoms with van der Waals surface area (Å²) >= 11 is 0. The summed E-state index contributed by atoms with van der Waals surface area (Å²) in [5, 5.41) is 7.27. The van der Waals surface area contributed by atoms with E-state index in [4.69, 9.17) is 0 Å². The van der Waals surface area contributed by atoms with Crippen molar-refractivity contribution in [3.05, 3.63) is 0 Å². The quantitative estimate of drug-likeness (QED) is 0.328. The third kappa shape index (κ3) is 9.43. The molecule has 0 amide bonds. The zero-order valence-electron chi connectivity index (χ0n) is 7.56. The van der Waals surface area contributed by atoms with Gasteiger partial charge in [-0.2, -0.15) is 5.10 Å². The van der Waals surface area contributed by atoms with Gasteiger partial charge < -0.3 is 10.7 Å². The van der Waals surface area contributed by atoms with Crippen LogP contribution in [0.2, 0.25) is 0 Å². The molecule has 0 rings (SSSR count). The molecule has 11 heavy (non-hydrogen) atoms. The molecule has 0 unspecified atom stereocenters. The van der Waals surface area contributed by atoms with Crippen LogP contribution >= 0.6 is 0 Å². The molecule has 0 aliphatic heterocycles. The molecule has 0 radical (unpaired) electrons. The molecule has 0 saturated heterocycles. The molecule has 0 atom stereocenters. The van der Waals surface area contributed by atoms with E-state index in [1.54, 1.807) is 0 Å². The molecule has 0 aliphatic carbocycles. The molecule has 0 saturated carbocycles. The molecule has 0 heterocycles. The molecular formula is C8H19N3. The van der Waals surface area contributed by atoms with E-state index in [-0.39, 0.29) is 0 Å². The largest absolute Gasteiger partial charge is 0.316 e. The average Bonchev–Trinajstić information content (AvgIpc) is 2.03. The fourth-order valence-corrected chi connectivity index (χ4v) is 0.689. The summed E-state index contributed by atoms with van der Waals surface area (Å²) in [5.74, 6) is 0. The first-order valence-corrected chi connectivity index (χ1v) is 4.36. The fourth-order valence-electron chi connectivity index (χ4n) is 0.689. The Morgan fingerprint density at radius 3 is 2.73 bits per heavy atom. The molecule has 66 valence electrons. The van der Waals surface area contributed by atoms with Gasteiger partial charge in [0.1, 0.15) is 0 Å². The van der Waals surface area contributed by atoms with Crippen molar-refractivity contribution in [3.63, 3.8) is 0 Å². The second-order valence-electron chi connectivity index (χ2n) is 2.36. The Bertz CT molecular complexity index is 91.3. The van der Waals surface area contributed by atoms with Crippen molar-refractivity contribution in [2.45, 2.75) is 26.7 Å². The maximum absolute atomic E-state index is 3.97. The van der Waals surface area contributed by atoms with Crippen LogP contribution in [0.3, 0.4) is 0 Å². The first kappa shape index (κ1) is 10.4. The Balaban J connectivity index is 2.89. The van der Waals surface area contributed by atoms with E-state index in [2.05, 4.69) is 22.8 Å². The molecular weight excluding hydrogens is 138 g/mol. The first-order valence-electron chi connectivity index (χ1n) is 4.36. The molecule has 3 heteroatoms. The van der Waals surface area contributed by atoms with Gasteiger partial charge in [0.25, 0.3) is 0 Å². The predicted molar refractivity (Wildman–Crippen MR) is 49.9 cm³/mol. The lowest BCUT2D eigenvalue weighted by atomic mass is 10.4. The number of hydrogen-bond donors (Lipinski definition) is 2. The maximum Gasteiger partial charge on any atom is 0.0301 e. The van der Waals surface area contributed by atoms with Gasteiger partial charge >= 0.3 is 0 Å². The predicted octanol–water partition coefficient (Wildman–Crippen LogP) is 0.971. The van der Waals surface area contributed by atoms with Crippen LogP contribution in [0.25, 0.3) is 0 Å². The molecule has 0 aliphatic rings. The number of nitrogens with one attached hydrogen (secondary N) is 2. The van der Waals surface area contributed by atoms with Crippen molar-refractivity contribution >= 4 is 6.21 Å². The highest BCUT2D eigenvalue weighted by atomic mass is 15.3. The second-order valence-corrected chi connectivity index (χ2v) is 2.36. The highest BCUT2D eigenvalue weighted by molar-refractivity contribution is 5.56. The third-order valence-electron chi connectivity index (χ3n) is 1.22. The second kappa shape index (κ2) is 9.43. The highest BCUT2D eigenvalue weighted by Gasteiger charge is 1.81. The van der Waals surface area contributed by atoms with Crippen LogP contribution in [0.15, 0.2) is 5.10 Å². The van der Waals surface area contributed by atoms with Crippen molar-refractivity contribution in [1.29, 1.82) is 0 Å². The van der Waals surface area contributed by atoms with Gasteiger partial charge in [0, 0.05) is 19.3 Å². The van der Waals surface area contributed by atoms with Crippen LogP contribution in [0.5, 0.6) is 0 Å². The Morgan fingerprint density at radius 1 is 1.27 bits per heavy atom. The minimum Gasteiger partial charge on any atom is -0.316 e. The van der Waals surface area contributed by atoms with E-state index >= 15 is 0 Å². The minimum atomic E-state index is 0.902. The fraction of sp³-hybridized carbons (Fsp3) is 0.875. The van der Waals surface area contributed by atoms with E-state index in [1.165, 1.54) is 6.42 Å². The standard InChI is InChI=1S/C8H19N3/c1-3-6-9-7-5-8-11-10-4-2/h8-10H,3-7H2,1-2H3. The van der Waals surface area contributed by atoms with Gasteiger partial charge in [-0.1, -0.05) is 6.92 Å². The van der Waals surface area contributed by atoms with Crippen LogP contribution in [-0.2, 0) is 0 Å². The first-order chi connectivity index (χ1) is 5.41. The SMILES string of the molecule is CCCNCCC=NNCC. The normalized spacial score (nSPS) is 10.7. The summed E-state index contributed by atoms with van der Waals surface area (Å²) in [4.78, 5) is 0. The zero-order valence-corrected chi connectivity index (χ0v) is 7.56. The van der Waals surface area contributed by atoms with Gasteiger partial charge in [-0.3, -0.25) is 0 Å². The van der Waals surface area contributed by atoms with E-state index in [0.29, 0.717) is 0 Å². The lowest BCUT2D eigenvalue weighted by Crippen LogP contribution is -2.16. The van der Waals surface area contributed by atoms with Crippen molar-refractivity contribution in [2.24, 2.45) is 5.10 Å². The molecule has 2 N–H and O–H groups in total. The molecule has 0 aromatic heterocycles. The summed E-state index contributed by atoms with van der Waals surface area (Å²) in [6.07, 6.45) is 4.11. The molecule has 0 bridgehead atoms. The van der Waals surface area contributed by atoms with Crippen molar-refractivity contribution < 1.29 is 0 Å². The van der Waals surface area contributed by atoms with E-state index in [1.807, 2.05) is 13.1 Å². The van der Waals surface area contributed by atoms with Gasteiger partial charge in [-0.25, -0.2) is 0 Å². The summed E-state index contributed by atoms with van der Waals surface area (Å²) < 4.78 is 0. The average molecular weight is 157 g/mol. The number of hydrazone groups is 1. The van der Waals surface area contributed by atoms with Gasteiger partial charge in [-0.15, -0.1) is 0 Å². The zero-order chi connectivity index (χ0) is 8.36. The van der Waals surface area contributed by atoms with Crippen LogP contribution in [-0.4, -0.2) is 25.8 Å². The van der Waals surface area contributed by atoms with Crippen LogP contribution in [0.4, 0.5) is 0 Å². The van der Waals surface area contributed by atoms with Gasteiger partial charge in [0.15, 0.2) is 0 Å². The summed E-state index contributed by atoms with van der Waals surface area (Å²) in [6, 6.07) is 0. The topological polar surface area (TPSA) is 36.4 Å². The lowest BCUT2D eigenvalue weighted by molar-refractivity contribution is 0.685. The lowest BCUT2D eigenvalue weighted by Gasteiger charge is -1.97. The Morgan fingerprint density at radius 2 is 2.09 bits per heavy atom. The van der Waals surface area contributed by atoms with E-state index in [9.17, 15) is 0 Å². The number of hydrogen-bond acceptors (Lipinski definition) is 3. The Kier molecular flexibility index (Phi) is 8.94. The summed E-state index contributed by atoms with van der Waals surface area (Å²) in [5.41, 5.74) is 2.88. The van der Waals surface area contributed by atoms with Crippen LogP contribution < -0.4 is 10.7 Å². The molecule has 0 aromatic rings. The number of rotatable bonds is 7. The van der Waals surface area contributed by atoms with Crippen molar-refractivity contribution in [2.75, 3.05) is 19.6 Å². The van der Waals surface area contributed by atoms with Gasteiger partial charge in [0.2, 0.25) is 0 Å². The third-order valence-corrected chi connectivity index (χ3v) is 1.22. The van der Waals surface area contributed by atoms with Gasteiger partial charge in [-0.05, 0) is 26.3 Å². The highest BCUT2D eigenvalue weighted by Crippen LogP contribution is 1.72. The smallest absolute Gasteiger partial charge is 0.0301 e. The number of nitrogens with zero attached hydrogens (tertiary/aromatic N) is 1. The molecule has 0 aromatic carbocycles. The maximum atomic E-state index is 3.97. The Labute approximate surface area is 69.3 Å². The molecule has 3 nitrogen and oxygen atoms in total.